The molecule has 0 unspecified atom stereocenters. The summed E-state index contributed by atoms with van der Waals surface area (Å²) in [6.07, 6.45) is 0. The quantitative estimate of drug-likeness (QED) is 0.759. The fourth-order valence-electron chi connectivity index (χ4n) is 1.45. The van der Waals surface area contributed by atoms with E-state index in [1.165, 1.54) is 0 Å². The van der Waals surface area contributed by atoms with Gasteiger partial charge in [-0.05, 0) is 23.3 Å². The maximum atomic E-state index is 11.8. The van der Waals surface area contributed by atoms with Crippen LogP contribution in [0.4, 0.5) is 8.78 Å². The fraction of sp³-hybridized carbons (Fsp3) is 0.333. The van der Waals surface area contributed by atoms with Crippen molar-refractivity contribution in [3.05, 3.63) is 29.3 Å². The first-order valence-corrected chi connectivity index (χ1v) is 4.03. The van der Waals surface area contributed by atoms with Gasteiger partial charge in [-0.3, -0.25) is 0 Å². The smallest absolute Gasteiger partial charge is 0.387 e. The van der Waals surface area contributed by atoms with Crippen molar-refractivity contribution in [3.63, 3.8) is 0 Å². The molecule has 1 aromatic rings. The van der Waals surface area contributed by atoms with E-state index in [-0.39, 0.29) is 5.75 Å². The van der Waals surface area contributed by atoms with Gasteiger partial charge >= 0.3 is 6.61 Å². The van der Waals surface area contributed by atoms with Gasteiger partial charge in [-0.25, -0.2) is 0 Å². The molecule has 0 spiro atoms. The van der Waals surface area contributed by atoms with E-state index in [4.69, 9.17) is 0 Å². The monoisotopic (exact) mass is 185 g/mol. The maximum Gasteiger partial charge on any atom is 0.387 e. The summed E-state index contributed by atoms with van der Waals surface area (Å²) in [4.78, 5) is 0. The number of rotatable bonds is 2. The Kier molecular flexibility index (Phi) is 2.14. The normalized spacial score (nSPS) is 14.7. The molecule has 2 rings (SSSR count). The number of hydrogen-bond acceptors (Lipinski definition) is 2. The van der Waals surface area contributed by atoms with Gasteiger partial charge in [-0.1, -0.05) is 6.07 Å². The number of ether oxygens (including phenoxy) is 1. The molecule has 0 aromatic heterocycles. The van der Waals surface area contributed by atoms with Crippen LogP contribution >= 0.6 is 0 Å². The predicted molar refractivity (Wildman–Crippen MR) is 43.6 cm³/mol. The summed E-state index contributed by atoms with van der Waals surface area (Å²) in [6.45, 7) is -1.20. The number of alkyl halides is 2. The molecule has 2 nitrogen and oxygen atoms in total. The summed E-state index contributed by atoms with van der Waals surface area (Å²) in [5, 5.41) is 3.13. The molecule has 1 aliphatic rings. The van der Waals surface area contributed by atoms with Crippen LogP contribution in [0.1, 0.15) is 11.1 Å². The first kappa shape index (κ1) is 8.44. The third-order valence-corrected chi connectivity index (χ3v) is 2.03. The van der Waals surface area contributed by atoms with E-state index >= 15 is 0 Å². The average molecular weight is 185 g/mol. The van der Waals surface area contributed by atoms with E-state index in [1.54, 1.807) is 12.1 Å². The van der Waals surface area contributed by atoms with Crippen molar-refractivity contribution in [2.24, 2.45) is 0 Å². The molecule has 4 heteroatoms. The molecule has 0 fully saturated rings. The summed E-state index contributed by atoms with van der Waals surface area (Å²) < 4.78 is 27.9. The fourth-order valence-corrected chi connectivity index (χ4v) is 1.45. The maximum absolute atomic E-state index is 11.8. The van der Waals surface area contributed by atoms with Crippen LogP contribution in [0.2, 0.25) is 0 Å². The lowest BCUT2D eigenvalue weighted by atomic mass is 10.1. The van der Waals surface area contributed by atoms with Crippen LogP contribution in [0.15, 0.2) is 18.2 Å². The molecule has 0 saturated carbocycles. The van der Waals surface area contributed by atoms with Crippen molar-refractivity contribution in [1.29, 1.82) is 0 Å². The Balaban J connectivity index is 2.21. The van der Waals surface area contributed by atoms with E-state index < -0.39 is 6.61 Å². The van der Waals surface area contributed by atoms with Gasteiger partial charge in [-0.15, -0.1) is 0 Å². The second-order valence-electron chi connectivity index (χ2n) is 2.91. The minimum Gasteiger partial charge on any atom is -0.435 e. The SMILES string of the molecule is FC(F)Oc1ccc2c(c1)CNC2. The molecule has 70 valence electrons. The van der Waals surface area contributed by atoms with Gasteiger partial charge in [0.2, 0.25) is 0 Å². The summed E-state index contributed by atoms with van der Waals surface area (Å²) >= 11 is 0. The zero-order valence-electron chi connectivity index (χ0n) is 6.89. The minimum absolute atomic E-state index is 0.234. The second kappa shape index (κ2) is 3.30. The van der Waals surface area contributed by atoms with Crippen molar-refractivity contribution in [2.45, 2.75) is 19.7 Å². The molecular formula is C9H9F2NO. The molecular weight excluding hydrogens is 176 g/mol. The first-order valence-electron chi connectivity index (χ1n) is 4.03. The van der Waals surface area contributed by atoms with E-state index in [0.29, 0.717) is 0 Å². The zero-order chi connectivity index (χ0) is 9.26. The molecule has 1 heterocycles. The lowest BCUT2D eigenvalue weighted by molar-refractivity contribution is -0.0498. The lowest BCUT2D eigenvalue weighted by Crippen LogP contribution is -2.02. The van der Waals surface area contributed by atoms with Crippen molar-refractivity contribution in [3.8, 4) is 5.75 Å². The Morgan fingerprint density at radius 2 is 2.00 bits per heavy atom. The van der Waals surface area contributed by atoms with Crippen molar-refractivity contribution in [2.75, 3.05) is 0 Å². The van der Waals surface area contributed by atoms with Crippen LogP contribution in [0.5, 0.6) is 5.75 Å². The van der Waals surface area contributed by atoms with Gasteiger partial charge in [-0.2, -0.15) is 8.78 Å². The highest BCUT2D eigenvalue weighted by atomic mass is 19.3. The molecule has 0 atom stereocenters. The summed E-state index contributed by atoms with van der Waals surface area (Å²) in [6, 6.07) is 5.03. The van der Waals surface area contributed by atoms with Gasteiger partial charge in [0.25, 0.3) is 0 Å². The Morgan fingerprint density at radius 3 is 2.77 bits per heavy atom. The molecule has 13 heavy (non-hydrogen) atoms. The number of benzene rings is 1. The van der Waals surface area contributed by atoms with E-state index in [0.717, 1.165) is 24.2 Å². The summed E-state index contributed by atoms with van der Waals surface area (Å²) in [5.74, 6) is 0.234. The molecule has 0 saturated heterocycles. The lowest BCUT2D eigenvalue weighted by Gasteiger charge is -2.05. The van der Waals surface area contributed by atoms with Gasteiger partial charge in [0, 0.05) is 13.1 Å². The van der Waals surface area contributed by atoms with E-state index in [1.807, 2.05) is 6.07 Å². The summed E-state index contributed by atoms with van der Waals surface area (Å²) in [7, 11) is 0. The van der Waals surface area contributed by atoms with Crippen LogP contribution in [-0.4, -0.2) is 6.61 Å². The third kappa shape index (κ3) is 1.78. The van der Waals surface area contributed by atoms with Crippen LogP contribution in [0, 0.1) is 0 Å². The first-order chi connectivity index (χ1) is 6.25. The van der Waals surface area contributed by atoms with Crippen LogP contribution in [0.25, 0.3) is 0 Å². The van der Waals surface area contributed by atoms with Gasteiger partial charge in [0.15, 0.2) is 0 Å². The van der Waals surface area contributed by atoms with E-state index in [9.17, 15) is 8.78 Å². The molecule has 1 N–H and O–H groups in total. The predicted octanol–water partition coefficient (Wildman–Crippen LogP) is 1.89. The third-order valence-electron chi connectivity index (χ3n) is 2.03. The Hall–Kier alpha value is -1.16. The zero-order valence-corrected chi connectivity index (χ0v) is 6.89. The number of nitrogens with one attached hydrogen (secondary N) is 1. The highest BCUT2D eigenvalue weighted by Gasteiger charge is 2.12. The van der Waals surface area contributed by atoms with Gasteiger partial charge in [0.05, 0.1) is 0 Å². The molecule has 1 aliphatic heterocycles. The Bertz CT molecular complexity index is 314. The van der Waals surface area contributed by atoms with E-state index in [2.05, 4.69) is 10.1 Å². The van der Waals surface area contributed by atoms with Crippen molar-refractivity contribution in [1.82, 2.24) is 5.32 Å². The van der Waals surface area contributed by atoms with Crippen LogP contribution < -0.4 is 10.1 Å². The number of fused-ring (bicyclic) bond motifs is 1. The molecule has 0 bridgehead atoms. The summed E-state index contributed by atoms with van der Waals surface area (Å²) in [5.41, 5.74) is 2.19. The van der Waals surface area contributed by atoms with Gasteiger partial charge < -0.3 is 10.1 Å². The number of hydrogen-bond donors (Lipinski definition) is 1. The van der Waals surface area contributed by atoms with Crippen LogP contribution in [0.3, 0.4) is 0 Å². The molecule has 1 aromatic carbocycles. The minimum atomic E-state index is -2.74. The average Bonchev–Trinajstić information content (AvgIpc) is 2.49. The van der Waals surface area contributed by atoms with Gasteiger partial charge in [0.1, 0.15) is 5.75 Å². The molecule has 0 aliphatic carbocycles. The Morgan fingerprint density at radius 1 is 1.23 bits per heavy atom. The highest BCUT2D eigenvalue weighted by molar-refractivity contribution is 5.37. The largest absolute Gasteiger partial charge is 0.435 e. The Labute approximate surface area is 74.5 Å². The molecule has 0 radical (unpaired) electrons. The van der Waals surface area contributed by atoms with Crippen molar-refractivity contribution >= 4 is 0 Å². The highest BCUT2D eigenvalue weighted by Crippen LogP contribution is 2.22. The van der Waals surface area contributed by atoms with Crippen molar-refractivity contribution < 1.29 is 13.5 Å². The standard InChI is InChI=1S/C9H9F2NO/c10-9(11)13-8-2-1-6-4-12-5-7(6)3-8/h1-3,9,12H,4-5H2. The number of halogens is 2. The molecule has 0 amide bonds. The second-order valence-corrected chi connectivity index (χ2v) is 2.91. The topological polar surface area (TPSA) is 21.3 Å². The van der Waals surface area contributed by atoms with Crippen LogP contribution in [-0.2, 0) is 13.1 Å².